The van der Waals surface area contributed by atoms with Crippen molar-refractivity contribution in [2.75, 3.05) is 27.2 Å². The van der Waals surface area contributed by atoms with E-state index in [-0.39, 0.29) is 48.3 Å². The number of hydrogen-bond acceptors (Lipinski definition) is 5. The summed E-state index contributed by atoms with van der Waals surface area (Å²) in [5, 5.41) is 12.1. The lowest BCUT2D eigenvalue weighted by Crippen LogP contribution is -2.40. The topological polar surface area (TPSA) is 101 Å². The number of aryl methyl sites for hydroxylation is 3. The Kier molecular flexibility index (Phi) is 12.8. The molecular formula is C37H42F7N3O5. The molecule has 2 heterocycles. The number of amides is 1. The first kappa shape index (κ1) is 40.4. The number of pyridine rings is 1. The molecule has 2 atom stereocenters. The van der Waals surface area contributed by atoms with Gasteiger partial charge in [0.15, 0.2) is 0 Å². The summed E-state index contributed by atoms with van der Waals surface area (Å²) in [6, 6.07) is 2.02. The zero-order chi connectivity index (χ0) is 38.5. The van der Waals surface area contributed by atoms with Gasteiger partial charge in [0.2, 0.25) is 5.91 Å². The summed E-state index contributed by atoms with van der Waals surface area (Å²) in [6.45, 7) is 4.00. The van der Waals surface area contributed by atoms with E-state index in [1.54, 1.807) is 45.0 Å². The molecule has 2 bridgehead atoms. The molecule has 1 amide bonds. The molecule has 2 aromatic carbocycles. The zero-order valence-corrected chi connectivity index (χ0v) is 29.3. The first-order valence-corrected chi connectivity index (χ1v) is 16.9. The van der Waals surface area contributed by atoms with Crippen molar-refractivity contribution >= 4 is 11.9 Å². The van der Waals surface area contributed by atoms with Crippen LogP contribution >= 0.6 is 0 Å². The van der Waals surface area contributed by atoms with Gasteiger partial charge < -0.3 is 24.6 Å². The largest absolute Gasteiger partial charge is 0.493 e. The minimum Gasteiger partial charge on any atom is -0.493 e. The SMILES string of the molecule is Cc1cc(C)c2c(c1)OCCCCCC[C@H](n1cc(CCCN(C)C)c(C(F)(F)F)cc1=O)C(=O)N[C@@H](CC(=O)O)c1cc-2cc(C(F)(F)F)c1F. The molecule has 2 N–H and O–H groups in total. The van der Waals surface area contributed by atoms with Crippen LogP contribution in [0.15, 0.2) is 41.3 Å². The molecule has 0 spiro atoms. The summed E-state index contributed by atoms with van der Waals surface area (Å²) in [4.78, 5) is 41.2. The van der Waals surface area contributed by atoms with E-state index in [4.69, 9.17) is 4.74 Å². The number of nitrogens with one attached hydrogen (secondary N) is 1. The van der Waals surface area contributed by atoms with Gasteiger partial charge in [-0.1, -0.05) is 25.3 Å². The number of carboxylic acid groups (broad SMARTS) is 1. The maximum Gasteiger partial charge on any atom is 0.419 e. The van der Waals surface area contributed by atoms with Gasteiger partial charge >= 0.3 is 18.3 Å². The summed E-state index contributed by atoms with van der Waals surface area (Å²) in [5.41, 5.74) is -3.69. The molecule has 0 unspecified atom stereocenters. The number of fused-ring (bicyclic) bond motifs is 4. The first-order valence-electron chi connectivity index (χ1n) is 16.9. The van der Waals surface area contributed by atoms with Crippen LogP contribution in [0, 0.1) is 19.7 Å². The normalized spacial score (nSPS) is 17.7. The number of carbonyl (C=O) groups is 2. The highest BCUT2D eigenvalue weighted by atomic mass is 19.4. The number of carbonyl (C=O) groups excluding carboxylic acids is 1. The number of carboxylic acids is 1. The number of benzene rings is 2. The summed E-state index contributed by atoms with van der Waals surface area (Å²) < 4.78 is 108. The molecule has 4 rings (SSSR count). The molecule has 0 saturated heterocycles. The second-order valence-electron chi connectivity index (χ2n) is 13.5. The quantitative estimate of drug-likeness (QED) is 0.238. The molecule has 284 valence electrons. The molecule has 1 aromatic heterocycles. The molecule has 0 aliphatic carbocycles. The van der Waals surface area contributed by atoms with E-state index in [2.05, 4.69) is 5.32 Å². The molecule has 0 saturated carbocycles. The van der Waals surface area contributed by atoms with Crippen molar-refractivity contribution < 1.29 is 50.2 Å². The van der Waals surface area contributed by atoms with E-state index < -0.39 is 70.8 Å². The van der Waals surface area contributed by atoms with Gasteiger partial charge in [0.05, 0.1) is 30.2 Å². The predicted molar refractivity (Wildman–Crippen MR) is 180 cm³/mol. The number of aliphatic carboxylic acids is 1. The Balaban J connectivity index is 1.92. The van der Waals surface area contributed by atoms with E-state index in [0.29, 0.717) is 49.9 Å². The first-order chi connectivity index (χ1) is 24.3. The Hall–Kier alpha value is -4.40. The Labute approximate surface area is 296 Å². The summed E-state index contributed by atoms with van der Waals surface area (Å²) in [5.74, 6) is -4.20. The minimum atomic E-state index is -5.23. The maximum absolute atomic E-state index is 16.0. The molecule has 8 nitrogen and oxygen atoms in total. The number of rotatable bonds is 7. The monoisotopic (exact) mass is 741 g/mol. The van der Waals surface area contributed by atoms with Gasteiger partial charge in [-0.15, -0.1) is 0 Å². The van der Waals surface area contributed by atoms with E-state index in [9.17, 15) is 45.8 Å². The molecule has 1 aliphatic rings. The Morgan fingerprint density at radius 3 is 2.27 bits per heavy atom. The van der Waals surface area contributed by atoms with Crippen molar-refractivity contribution in [2.45, 2.75) is 89.7 Å². The summed E-state index contributed by atoms with van der Waals surface area (Å²) in [6.07, 6.45) is -8.21. The van der Waals surface area contributed by atoms with Gasteiger partial charge in [-0.05, 0) is 101 Å². The Morgan fingerprint density at radius 2 is 1.63 bits per heavy atom. The molecule has 1 aliphatic heterocycles. The van der Waals surface area contributed by atoms with Gasteiger partial charge in [0.1, 0.15) is 17.6 Å². The average molecular weight is 742 g/mol. The van der Waals surface area contributed by atoms with E-state index in [1.807, 2.05) is 0 Å². The summed E-state index contributed by atoms with van der Waals surface area (Å²) >= 11 is 0. The molecule has 0 radical (unpaired) electrons. The van der Waals surface area contributed by atoms with Crippen molar-refractivity contribution in [3.8, 4) is 16.9 Å². The standard InChI is InChI=1S/C37H42F7N3O5/c1-21-14-22(2)33-24-16-25(34(38)27(17-24)37(42,43)44)28(19-32(49)50)45-35(51)29(11-7-5-6-8-13-52-30(33)15-21)47-20-23(10-9-12-46(3)4)26(18-31(47)48)36(39,40)41/h14-18,20,28-29H,5-13,19H2,1-4H3,(H,45,51)(H,49,50)/t28-,29-/m0/s1. The van der Waals surface area contributed by atoms with Gasteiger partial charge in [-0.25, -0.2) is 4.39 Å². The van der Waals surface area contributed by atoms with Crippen LogP contribution in [0.25, 0.3) is 11.1 Å². The highest BCUT2D eigenvalue weighted by Gasteiger charge is 2.39. The summed E-state index contributed by atoms with van der Waals surface area (Å²) in [7, 11) is 3.48. The highest BCUT2D eigenvalue weighted by Crippen LogP contribution is 2.42. The lowest BCUT2D eigenvalue weighted by Gasteiger charge is -2.27. The minimum absolute atomic E-state index is 0.0908. The smallest absolute Gasteiger partial charge is 0.419 e. The number of aromatic nitrogens is 1. The second-order valence-corrected chi connectivity index (χ2v) is 13.5. The van der Waals surface area contributed by atoms with Crippen molar-refractivity contribution in [1.82, 2.24) is 14.8 Å². The van der Waals surface area contributed by atoms with Gasteiger partial charge in [-0.3, -0.25) is 14.4 Å². The number of ether oxygens (including phenoxy) is 1. The van der Waals surface area contributed by atoms with E-state index in [0.717, 1.165) is 22.4 Å². The van der Waals surface area contributed by atoms with Crippen LogP contribution in [0.2, 0.25) is 0 Å². The Morgan fingerprint density at radius 1 is 0.962 bits per heavy atom. The molecule has 15 heteroatoms. The second kappa shape index (κ2) is 16.5. The lowest BCUT2D eigenvalue weighted by atomic mass is 9.90. The van der Waals surface area contributed by atoms with Crippen LogP contribution in [0.3, 0.4) is 0 Å². The zero-order valence-electron chi connectivity index (χ0n) is 29.3. The van der Waals surface area contributed by atoms with Gasteiger partial charge in [0, 0.05) is 23.4 Å². The lowest BCUT2D eigenvalue weighted by molar-refractivity contribution is -0.140. The number of nitrogens with zero attached hydrogens (tertiary/aromatic N) is 2. The van der Waals surface area contributed by atoms with Crippen molar-refractivity contribution in [3.05, 3.63) is 86.1 Å². The van der Waals surface area contributed by atoms with Gasteiger partial charge in [-0.2, -0.15) is 26.3 Å². The van der Waals surface area contributed by atoms with Crippen molar-refractivity contribution in [3.63, 3.8) is 0 Å². The van der Waals surface area contributed by atoms with Crippen molar-refractivity contribution in [1.29, 1.82) is 0 Å². The fourth-order valence-electron chi connectivity index (χ4n) is 6.60. The fourth-order valence-corrected chi connectivity index (χ4v) is 6.60. The van der Waals surface area contributed by atoms with Crippen LogP contribution in [0.5, 0.6) is 5.75 Å². The predicted octanol–water partition coefficient (Wildman–Crippen LogP) is 8.02. The third-order valence-corrected chi connectivity index (χ3v) is 9.00. The van der Waals surface area contributed by atoms with E-state index in [1.165, 1.54) is 0 Å². The average Bonchev–Trinajstić information content (AvgIpc) is 3.01. The van der Waals surface area contributed by atoms with Crippen LogP contribution in [-0.2, 0) is 28.4 Å². The fraction of sp³-hybridized carbons (Fsp3) is 0.486. The van der Waals surface area contributed by atoms with Crippen LogP contribution < -0.4 is 15.6 Å². The molecule has 3 aromatic rings. The molecular weight excluding hydrogens is 699 g/mol. The molecule has 52 heavy (non-hydrogen) atoms. The van der Waals surface area contributed by atoms with E-state index >= 15 is 4.39 Å². The number of halogens is 7. The number of alkyl halides is 6. The van der Waals surface area contributed by atoms with Gasteiger partial charge in [0.25, 0.3) is 5.56 Å². The maximum atomic E-state index is 16.0. The van der Waals surface area contributed by atoms with Crippen LogP contribution in [0.1, 0.15) is 90.4 Å². The van der Waals surface area contributed by atoms with Crippen molar-refractivity contribution in [2.24, 2.45) is 0 Å². The molecule has 0 fully saturated rings. The Bertz CT molecular complexity index is 1840. The highest BCUT2D eigenvalue weighted by molar-refractivity contribution is 5.82. The van der Waals surface area contributed by atoms with Crippen LogP contribution in [-0.4, -0.2) is 53.7 Å². The number of hydrogen-bond donors (Lipinski definition) is 2. The third-order valence-electron chi connectivity index (χ3n) is 9.00. The van der Waals surface area contributed by atoms with Crippen LogP contribution in [0.4, 0.5) is 30.7 Å². The third kappa shape index (κ3) is 9.92.